The summed E-state index contributed by atoms with van der Waals surface area (Å²) in [5.41, 5.74) is 13.9. The number of aromatic nitrogens is 3. The van der Waals surface area contributed by atoms with Crippen LogP contribution in [-0.4, -0.2) is 15.0 Å². The number of fused-ring (bicyclic) bond motifs is 9. The molecule has 0 radical (unpaired) electrons. The van der Waals surface area contributed by atoms with E-state index >= 15 is 0 Å². The highest BCUT2D eigenvalue weighted by molar-refractivity contribution is 5.92. The maximum atomic E-state index is 9.49. The smallest absolute Gasteiger partial charge is 0.164 e. The molecule has 0 atom stereocenters. The van der Waals surface area contributed by atoms with Gasteiger partial charge in [0.1, 0.15) is 11.5 Å². The first kappa shape index (κ1) is 33.4. The Bertz CT molecular complexity index is 2990. The number of rotatable bonds is 5. The van der Waals surface area contributed by atoms with Gasteiger partial charge in [0.05, 0.1) is 17.0 Å². The molecule has 0 saturated carbocycles. The summed E-state index contributed by atoms with van der Waals surface area (Å²) in [6, 6.07) is 69.2. The van der Waals surface area contributed by atoms with Gasteiger partial charge in [-0.2, -0.15) is 5.26 Å². The van der Waals surface area contributed by atoms with Crippen LogP contribution in [0, 0.1) is 11.3 Å². The van der Waals surface area contributed by atoms with Crippen LogP contribution in [0.1, 0.15) is 27.8 Å². The van der Waals surface area contributed by atoms with Gasteiger partial charge >= 0.3 is 0 Å². The highest BCUT2D eigenvalue weighted by Gasteiger charge is 2.51. The molecule has 5 heteroatoms. The predicted molar refractivity (Wildman–Crippen MR) is 229 cm³/mol. The first-order chi connectivity index (χ1) is 28.7. The Kier molecular flexibility index (Phi) is 7.70. The molecule has 1 aliphatic carbocycles. The summed E-state index contributed by atoms with van der Waals surface area (Å²) < 4.78 is 6.67. The third-order valence-electron chi connectivity index (χ3n) is 11.4. The number of ether oxygens (including phenoxy) is 1. The molecule has 11 rings (SSSR count). The van der Waals surface area contributed by atoms with E-state index in [1.807, 2.05) is 97.1 Å². The molecular weight excluding hydrogens is 709 g/mol. The summed E-state index contributed by atoms with van der Waals surface area (Å²) in [5, 5.41) is 9.49. The predicted octanol–water partition coefficient (Wildman–Crippen LogP) is 12.5. The van der Waals surface area contributed by atoms with E-state index in [2.05, 4.69) is 103 Å². The Balaban J connectivity index is 1.12. The molecule has 1 spiro atoms. The maximum absolute atomic E-state index is 9.49. The molecule has 0 amide bonds. The van der Waals surface area contributed by atoms with Crippen LogP contribution in [0.3, 0.4) is 0 Å². The second-order valence-electron chi connectivity index (χ2n) is 14.7. The average Bonchev–Trinajstić information content (AvgIpc) is 3.58. The van der Waals surface area contributed by atoms with Crippen molar-refractivity contribution in [2.24, 2.45) is 0 Å². The van der Waals surface area contributed by atoms with Gasteiger partial charge in [-0.1, -0.05) is 158 Å². The molecule has 8 aromatic carbocycles. The van der Waals surface area contributed by atoms with Crippen LogP contribution in [0.25, 0.3) is 67.5 Å². The maximum Gasteiger partial charge on any atom is 0.164 e. The molecule has 270 valence electrons. The molecule has 0 bridgehead atoms. The van der Waals surface area contributed by atoms with Crippen molar-refractivity contribution in [3.63, 3.8) is 0 Å². The Morgan fingerprint density at radius 1 is 0.362 bits per heavy atom. The lowest BCUT2D eigenvalue weighted by Gasteiger charge is -2.39. The fourth-order valence-electron chi connectivity index (χ4n) is 8.78. The van der Waals surface area contributed by atoms with Gasteiger partial charge in [0, 0.05) is 27.8 Å². The lowest BCUT2D eigenvalue weighted by atomic mass is 9.65. The molecule has 1 aromatic heterocycles. The molecule has 2 aliphatic rings. The van der Waals surface area contributed by atoms with Crippen LogP contribution in [0.5, 0.6) is 11.5 Å². The normalized spacial score (nSPS) is 12.7. The number of hydrogen-bond donors (Lipinski definition) is 0. The van der Waals surface area contributed by atoms with Crippen molar-refractivity contribution < 1.29 is 4.74 Å². The Morgan fingerprint density at radius 2 is 0.793 bits per heavy atom. The van der Waals surface area contributed by atoms with Gasteiger partial charge in [-0.25, -0.2) is 15.0 Å². The van der Waals surface area contributed by atoms with E-state index in [1.54, 1.807) is 0 Å². The number of benzene rings is 8. The van der Waals surface area contributed by atoms with Gasteiger partial charge < -0.3 is 4.74 Å². The van der Waals surface area contributed by atoms with Crippen molar-refractivity contribution >= 4 is 0 Å². The fraction of sp³-hybridized carbons (Fsp3) is 0.0189. The van der Waals surface area contributed by atoms with Gasteiger partial charge in [0.25, 0.3) is 0 Å². The van der Waals surface area contributed by atoms with E-state index in [1.165, 1.54) is 11.1 Å². The zero-order chi connectivity index (χ0) is 38.6. The quantitative estimate of drug-likeness (QED) is 0.176. The van der Waals surface area contributed by atoms with Gasteiger partial charge in [-0.05, 0) is 80.9 Å². The summed E-state index contributed by atoms with van der Waals surface area (Å²) in [6.45, 7) is 0. The van der Waals surface area contributed by atoms with E-state index in [0.717, 1.165) is 72.7 Å². The van der Waals surface area contributed by atoms with E-state index < -0.39 is 5.41 Å². The van der Waals surface area contributed by atoms with Crippen LogP contribution in [-0.2, 0) is 5.41 Å². The Labute approximate surface area is 336 Å². The van der Waals surface area contributed by atoms with Crippen molar-refractivity contribution in [3.05, 3.63) is 222 Å². The van der Waals surface area contributed by atoms with Crippen LogP contribution in [0.2, 0.25) is 0 Å². The number of hydrogen-bond acceptors (Lipinski definition) is 5. The van der Waals surface area contributed by atoms with Gasteiger partial charge in [0.15, 0.2) is 17.5 Å². The van der Waals surface area contributed by atoms with E-state index in [9.17, 15) is 5.26 Å². The van der Waals surface area contributed by atoms with Crippen molar-refractivity contribution in [3.8, 4) is 85.1 Å². The first-order valence-corrected chi connectivity index (χ1v) is 19.3. The molecule has 9 aromatic rings. The molecule has 5 nitrogen and oxygen atoms in total. The minimum atomic E-state index is -0.697. The second kappa shape index (κ2) is 13.4. The van der Waals surface area contributed by atoms with Gasteiger partial charge in [-0.15, -0.1) is 0 Å². The summed E-state index contributed by atoms with van der Waals surface area (Å²) in [4.78, 5) is 15.2. The molecule has 0 saturated heterocycles. The minimum Gasteiger partial charge on any atom is -0.457 e. The van der Waals surface area contributed by atoms with E-state index in [-0.39, 0.29) is 0 Å². The summed E-state index contributed by atoms with van der Waals surface area (Å²) >= 11 is 0. The van der Waals surface area contributed by atoms with E-state index in [4.69, 9.17) is 19.7 Å². The Hall–Kier alpha value is -7.94. The summed E-state index contributed by atoms with van der Waals surface area (Å²) in [6.07, 6.45) is 0. The van der Waals surface area contributed by atoms with Crippen LogP contribution in [0.15, 0.2) is 194 Å². The summed E-state index contributed by atoms with van der Waals surface area (Å²) in [5.74, 6) is 3.52. The number of nitrogens with zero attached hydrogens (tertiary/aromatic N) is 4. The van der Waals surface area contributed by atoms with Crippen molar-refractivity contribution in [2.75, 3.05) is 0 Å². The topological polar surface area (TPSA) is 71.7 Å². The molecular formula is C53H32N4O. The molecule has 1 aliphatic heterocycles. The average molecular weight is 741 g/mol. The SMILES string of the molecule is N#Cc1cccc(-c2ccc(-c3ccc4c(c3)C3(c5ccccc5Oc5ccccc53)c3cc(-c5nc(-c6ccccc6)nc(-c6ccccc6)n5)ccc3-4)cc2)c1. The van der Waals surface area contributed by atoms with Crippen LogP contribution < -0.4 is 4.74 Å². The van der Waals surface area contributed by atoms with Gasteiger partial charge in [0.2, 0.25) is 0 Å². The molecule has 2 heterocycles. The standard InChI is InChI=1S/C53H32N4O/c54-33-34-12-11-17-39(30-34)35-22-24-36(25-23-35)40-26-28-42-43-29-27-41(52-56-50(37-13-3-1-4-14-37)55-51(57-52)38-15-5-2-6-16-38)32-47(43)53(46(42)31-40)44-18-7-9-20-48(44)58-49-21-10-8-19-45(49)53/h1-32H. The molecule has 0 fully saturated rings. The van der Waals surface area contributed by atoms with Gasteiger partial charge in [-0.3, -0.25) is 0 Å². The lowest BCUT2D eigenvalue weighted by molar-refractivity contribution is 0.436. The highest BCUT2D eigenvalue weighted by Crippen LogP contribution is 2.62. The minimum absolute atomic E-state index is 0.608. The molecule has 58 heavy (non-hydrogen) atoms. The third-order valence-corrected chi connectivity index (χ3v) is 11.4. The van der Waals surface area contributed by atoms with Crippen LogP contribution >= 0.6 is 0 Å². The molecule has 0 N–H and O–H groups in total. The zero-order valence-electron chi connectivity index (χ0n) is 31.2. The second-order valence-corrected chi connectivity index (χ2v) is 14.7. The highest BCUT2D eigenvalue weighted by atomic mass is 16.5. The van der Waals surface area contributed by atoms with Crippen molar-refractivity contribution in [2.45, 2.75) is 5.41 Å². The number of para-hydroxylation sites is 2. The largest absolute Gasteiger partial charge is 0.457 e. The van der Waals surface area contributed by atoms with E-state index in [0.29, 0.717) is 23.0 Å². The van der Waals surface area contributed by atoms with Crippen LogP contribution in [0.4, 0.5) is 0 Å². The van der Waals surface area contributed by atoms with Crippen molar-refractivity contribution in [1.82, 2.24) is 15.0 Å². The lowest BCUT2D eigenvalue weighted by Crippen LogP contribution is -2.32. The third kappa shape index (κ3) is 5.27. The molecule has 0 unspecified atom stereocenters. The van der Waals surface area contributed by atoms with Crippen molar-refractivity contribution in [1.29, 1.82) is 5.26 Å². The Morgan fingerprint density at radius 3 is 1.34 bits per heavy atom. The monoisotopic (exact) mass is 740 g/mol. The first-order valence-electron chi connectivity index (χ1n) is 19.3. The number of nitriles is 1. The summed E-state index contributed by atoms with van der Waals surface area (Å²) in [7, 11) is 0. The fourth-order valence-corrected chi connectivity index (χ4v) is 8.78. The zero-order valence-corrected chi connectivity index (χ0v) is 31.2.